The number of phenolic OH excluding ortho intramolecular Hbond substituents is 1. The molecular weight excluding hydrogens is 441 g/mol. The summed E-state index contributed by atoms with van der Waals surface area (Å²) < 4.78 is 43.9. The van der Waals surface area contributed by atoms with Crippen molar-refractivity contribution in [3.8, 4) is 5.75 Å². The Labute approximate surface area is 186 Å². The number of carbonyl (C=O) groups is 3. The van der Waals surface area contributed by atoms with Gasteiger partial charge in [-0.2, -0.15) is 0 Å². The Balaban J connectivity index is 2.27. The number of hydrogen-bond acceptors (Lipinski definition) is 4. The molecule has 33 heavy (non-hydrogen) atoms. The van der Waals surface area contributed by atoms with Crippen LogP contribution in [0.25, 0.3) is 10.9 Å². The second kappa shape index (κ2) is 8.27. The highest BCUT2D eigenvalue weighted by molar-refractivity contribution is 6.06. The lowest BCUT2D eigenvalue weighted by atomic mass is 9.95. The lowest BCUT2D eigenvalue weighted by Gasteiger charge is -2.23. The number of aromatic nitrogens is 1. The fraction of sp³-hybridized carbons (Fsp3) is 0.261. The third kappa shape index (κ3) is 4.04. The van der Waals surface area contributed by atoms with E-state index in [1.807, 2.05) is 0 Å². The van der Waals surface area contributed by atoms with Crippen LogP contribution < -0.4 is 5.32 Å². The number of fused-ring (bicyclic) bond motifs is 1. The van der Waals surface area contributed by atoms with Crippen molar-refractivity contribution >= 4 is 28.7 Å². The van der Waals surface area contributed by atoms with E-state index in [0.717, 1.165) is 22.8 Å². The van der Waals surface area contributed by atoms with Gasteiger partial charge in [-0.05, 0) is 51.5 Å². The second-order valence-corrected chi connectivity index (χ2v) is 8.21. The Hall–Kier alpha value is -3.82. The summed E-state index contributed by atoms with van der Waals surface area (Å²) in [5.41, 5.74) is -2.05. The molecule has 0 fully saturated rings. The van der Waals surface area contributed by atoms with Crippen molar-refractivity contribution in [1.29, 1.82) is 0 Å². The first-order valence-electron chi connectivity index (χ1n) is 9.85. The third-order valence-corrected chi connectivity index (χ3v) is 5.48. The predicted molar refractivity (Wildman–Crippen MR) is 113 cm³/mol. The zero-order valence-electron chi connectivity index (χ0n) is 18.2. The third-order valence-electron chi connectivity index (χ3n) is 5.48. The average molecular weight is 462 g/mol. The van der Waals surface area contributed by atoms with E-state index in [0.29, 0.717) is 0 Å². The largest absolute Gasteiger partial charge is 0.503 e. The lowest BCUT2D eigenvalue weighted by Crippen LogP contribution is -2.50. The number of amides is 1. The highest BCUT2D eigenvalue weighted by Gasteiger charge is 2.35. The summed E-state index contributed by atoms with van der Waals surface area (Å²) in [5, 5.41) is 21.1. The van der Waals surface area contributed by atoms with Gasteiger partial charge in [-0.15, -0.1) is 0 Å². The van der Waals surface area contributed by atoms with Gasteiger partial charge in [-0.3, -0.25) is 14.2 Å². The SMILES string of the molecule is Cc1c([C@@H](C)C(=O)NC(C)(C)C(=O)O)c2c(F)c(O)c(F)cc2n1C(=O)c1cccc(F)c1. The van der Waals surface area contributed by atoms with E-state index in [-0.39, 0.29) is 27.7 Å². The van der Waals surface area contributed by atoms with Gasteiger partial charge >= 0.3 is 5.97 Å². The molecule has 0 saturated heterocycles. The molecule has 1 heterocycles. The average Bonchev–Trinajstić information content (AvgIpc) is 3.02. The molecule has 1 amide bonds. The molecule has 7 nitrogen and oxygen atoms in total. The van der Waals surface area contributed by atoms with Crippen LogP contribution in [-0.2, 0) is 9.59 Å². The fourth-order valence-electron chi connectivity index (χ4n) is 3.65. The molecule has 3 aromatic rings. The van der Waals surface area contributed by atoms with Crippen LogP contribution in [0.4, 0.5) is 13.2 Å². The monoisotopic (exact) mass is 462 g/mol. The quantitative estimate of drug-likeness (QED) is 0.534. The molecule has 0 unspecified atom stereocenters. The van der Waals surface area contributed by atoms with Gasteiger partial charge in [-0.25, -0.2) is 18.0 Å². The number of aliphatic carboxylic acids is 1. The molecule has 0 aliphatic carbocycles. The summed E-state index contributed by atoms with van der Waals surface area (Å²) in [6.07, 6.45) is 0. The highest BCUT2D eigenvalue weighted by Crippen LogP contribution is 2.38. The van der Waals surface area contributed by atoms with Gasteiger partial charge in [0.25, 0.3) is 5.91 Å². The minimum Gasteiger partial charge on any atom is -0.503 e. The summed E-state index contributed by atoms with van der Waals surface area (Å²) in [7, 11) is 0. The van der Waals surface area contributed by atoms with Gasteiger partial charge in [0.2, 0.25) is 5.91 Å². The molecule has 0 saturated carbocycles. The van der Waals surface area contributed by atoms with Crippen molar-refractivity contribution < 1.29 is 37.8 Å². The fourth-order valence-corrected chi connectivity index (χ4v) is 3.65. The lowest BCUT2D eigenvalue weighted by molar-refractivity contribution is -0.146. The van der Waals surface area contributed by atoms with Crippen molar-refractivity contribution in [1.82, 2.24) is 9.88 Å². The van der Waals surface area contributed by atoms with Crippen LogP contribution >= 0.6 is 0 Å². The molecule has 0 aliphatic heterocycles. The molecule has 0 spiro atoms. The van der Waals surface area contributed by atoms with Gasteiger partial charge in [0.05, 0.1) is 11.4 Å². The van der Waals surface area contributed by atoms with E-state index < -0.39 is 52.4 Å². The zero-order valence-corrected chi connectivity index (χ0v) is 18.2. The Kier molecular flexibility index (Phi) is 5.97. The first-order valence-corrected chi connectivity index (χ1v) is 9.85. The topological polar surface area (TPSA) is 109 Å². The number of rotatable bonds is 5. The van der Waals surface area contributed by atoms with Crippen molar-refractivity contribution in [3.05, 3.63) is 64.6 Å². The molecule has 0 bridgehead atoms. The standard InChI is InChI=1S/C23H21F3N2O5/c1-10(20(30)27-23(3,4)22(32)33)16-11(2)28(21(31)12-6-5-7-13(24)8-12)15-9-14(25)19(29)18(26)17(15)16/h5-10,29H,1-4H3,(H,27,30)(H,32,33)/t10-/m1/s1. The zero-order chi connectivity index (χ0) is 24.8. The van der Waals surface area contributed by atoms with E-state index >= 15 is 4.39 Å². The van der Waals surface area contributed by atoms with E-state index in [1.165, 1.54) is 39.8 Å². The number of halogens is 3. The maximum absolute atomic E-state index is 15.0. The van der Waals surface area contributed by atoms with Crippen LogP contribution in [0.15, 0.2) is 30.3 Å². The number of carboxylic acid groups (broad SMARTS) is 1. The number of aromatic hydroxyl groups is 1. The molecule has 1 atom stereocenters. The first kappa shape index (κ1) is 23.8. The van der Waals surface area contributed by atoms with Crippen molar-refractivity contribution in [2.75, 3.05) is 0 Å². The molecule has 0 radical (unpaired) electrons. The van der Waals surface area contributed by atoms with Crippen molar-refractivity contribution in [3.63, 3.8) is 0 Å². The van der Waals surface area contributed by atoms with Gasteiger partial charge in [0.1, 0.15) is 11.4 Å². The molecule has 3 rings (SSSR count). The second-order valence-electron chi connectivity index (χ2n) is 8.21. The van der Waals surface area contributed by atoms with Crippen molar-refractivity contribution in [2.45, 2.75) is 39.2 Å². The van der Waals surface area contributed by atoms with Crippen LogP contribution in [0, 0.1) is 24.4 Å². The number of benzene rings is 2. The Morgan fingerprint density at radius 2 is 1.76 bits per heavy atom. The van der Waals surface area contributed by atoms with Crippen LogP contribution in [0.3, 0.4) is 0 Å². The van der Waals surface area contributed by atoms with Gasteiger partial charge in [0.15, 0.2) is 17.4 Å². The van der Waals surface area contributed by atoms with E-state index in [1.54, 1.807) is 0 Å². The highest BCUT2D eigenvalue weighted by atomic mass is 19.1. The molecule has 174 valence electrons. The number of phenols is 1. The molecule has 3 N–H and O–H groups in total. The van der Waals surface area contributed by atoms with Crippen LogP contribution in [0.5, 0.6) is 5.75 Å². The Morgan fingerprint density at radius 1 is 1.12 bits per heavy atom. The van der Waals surface area contributed by atoms with Crippen molar-refractivity contribution in [2.24, 2.45) is 0 Å². The maximum Gasteiger partial charge on any atom is 0.328 e. The first-order chi connectivity index (χ1) is 15.3. The van der Waals surface area contributed by atoms with Crippen LogP contribution in [-0.4, -0.2) is 38.1 Å². The van der Waals surface area contributed by atoms with Gasteiger partial charge in [0, 0.05) is 22.7 Å². The summed E-state index contributed by atoms with van der Waals surface area (Å²) in [5.74, 6) is -8.84. The summed E-state index contributed by atoms with van der Waals surface area (Å²) in [4.78, 5) is 37.4. The van der Waals surface area contributed by atoms with E-state index in [9.17, 15) is 33.4 Å². The minimum absolute atomic E-state index is 0.0407. The van der Waals surface area contributed by atoms with Gasteiger partial charge < -0.3 is 15.5 Å². The van der Waals surface area contributed by atoms with E-state index in [4.69, 9.17) is 0 Å². The summed E-state index contributed by atoms with van der Waals surface area (Å²) in [6, 6.07) is 5.42. The molecule has 1 aromatic heterocycles. The minimum atomic E-state index is -1.65. The number of carbonyl (C=O) groups excluding carboxylic acids is 2. The molecule has 2 aromatic carbocycles. The molecule has 10 heteroatoms. The Morgan fingerprint density at radius 3 is 2.33 bits per heavy atom. The van der Waals surface area contributed by atoms with Crippen LogP contribution in [0.2, 0.25) is 0 Å². The Bertz CT molecular complexity index is 1310. The predicted octanol–water partition coefficient (Wildman–Crippen LogP) is 3.84. The summed E-state index contributed by atoms with van der Waals surface area (Å²) in [6.45, 7) is 5.25. The summed E-state index contributed by atoms with van der Waals surface area (Å²) >= 11 is 0. The number of hydrogen-bond donors (Lipinski definition) is 3. The van der Waals surface area contributed by atoms with E-state index in [2.05, 4.69) is 5.32 Å². The maximum atomic E-state index is 15.0. The van der Waals surface area contributed by atoms with Crippen LogP contribution in [0.1, 0.15) is 48.3 Å². The van der Waals surface area contributed by atoms with Gasteiger partial charge in [-0.1, -0.05) is 6.07 Å². The molecular formula is C23H21F3N2O5. The number of carboxylic acids is 1. The molecule has 0 aliphatic rings. The number of nitrogens with zero attached hydrogens (tertiary/aromatic N) is 1. The number of nitrogens with one attached hydrogen (secondary N) is 1. The normalized spacial score (nSPS) is 12.6. The smallest absolute Gasteiger partial charge is 0.328 e.